The molecule has 2 heteroatoms. The van der Waals surface area contributed by atoms with Crippen molar-refractivity contribution in [1.82, 2.24) is 5.32 Å². The minimum Gasteiger partial charge on any atom is -0.330 e. The number of hydrogen-bond donors (Lipinski definition) is 2. The first-order valence-corrected chi connectivity index (χ1v) is 5.24. The van der Waals surface area contributed by atoms with Gasteiger partial charge < -0.3 is 11.1 Å². The van der Waals surface area contributed by atoms with Crippen LogP contribution in [0.3, 0.4) is 0 Å². The molecular weight excluding hydrogens is 148 g/mol. The lowest BCUT2D eigenvalue weighted by Crippen LogP contribution is -2.45. The van der Waals surface area contributed by atoms with Crippen molar-refractivity contribution in [3.8, 4) is 0 Å². The quantitative estimate of drug-likeness (QED) is 0.593. The number of nitrogens with one attached hydrogen (secondary N) is 1. The van der Waals surface area contributed by atoms with Gasteiger partial charge in [-0.05, 0) is 37.8 Å². The summed E-state index contributed by atoms with van der Waals surface area (Å²) in [7, 11) is 0. The van der Waals surface area contributed by atoms with Crippen LogP contribution in [0.15, 0.2) is 0 Å². The summed E-state index contributed by atoms with van der Waals surface area (Å²) < 4.78 is 0. The zero-order valence-corrected chi connectivity index (χ0v) is 8.23. The highest BCUT2D eigenvalue weighted by Gasteiger charge is 2.34. The zero-order valence-electron chi connectivity index (χ0n) is 8.23. The Hall–Kier alpha value is -0.0800. The Morgan fingerprint density at radius 1 is 1.42 bits per heavy atom. The van der Waals surface area contributed by atoms with Crippen molar-refractivity contribution in [3.63, 3.8) is 0 Å². The molecule has 0 aromatic rings. The molecule has 0 saturated heterocycles. The van der Waals surface area contributed by atoms with Crippen LogP contribution >= 0.6 is 0 Å². The van der Waals surface area contributed by atoms with Crippen molar-refractivity contribution < 1.29 is 0 Å². The van der Waals surface area contributed by atoms with Gasteiger partial charge in [-0.2, -0.15) is 0 Å². The van der Waals surface area contributed by atoms with Gasteiger partial charge in [-0.3, -0.25) is 0 Å². The monoisotopic (exact) mass is 170 g/mol. The molecule has 0 aliphatic heterocycles. The van der Waals surface area contributed by atoms with E-state index < -0.39 is 0 Å². The smallest absolute Gasteiger partial charge is 0.00199 e. The molecule has 0 amide bonds. The highest BCUT2D eigenvalue weighted by Crippen LogP contribution is 2.38. The summed E-state index contributed by atoms with van der Waals surface area (Å²) in [6.07, 6.45) is 6.63. The summed E-state index contributed by atoms with van der Waals surface area (Å²) in [5.74, 6) is 0. The van der Waals surface area contributed by atoms with Crippen LogP contribution in [-0.4, -0.2) is 19.6 Å². The van der Waals surface area contributed by atoms with E-state index >= 15 is 0 Å². The molecule has 0 aromatic carbocycles. The summed E-state index contributed by atoms with van der Waals surface area (Å²) in [5, 5.41) is 3.50. The maximum absolute atomic E-state index is 5.74. The summed E-state index contributed by atoms with van der Waals surface area (Å²) in [6.45, 7) is 5.40. The summed E-state index contributed by atoms with van der Waals surface area (Å²) in [4.78, 5) is 0. The molecule has 3 N–H and O–H groups in total. The molecule has 0 aromatic heterocycles. The van der Waals surface area contributed by atoms with Crippen LogP contribution in [0, 0.1) is 5.41 Å². The third kappa shape index (κ3) is 2.46. The van der Waals surface area contributed by atoms with Gasteiger partial charge in [0, 0.05) is 6.54 Å². The van der Waals surface area contributed by atoms with Gasteiger partial charge >= 0.3 is 0 Å². The summed E-state index contributed by atoms with van der Waals surface area (Å²) >= 11 is 0. The zero-order chi connectivity index (χ0) is 8.86. The third-order valence-corrected chi connectivity index (χ3v) is 3.05. The normalized spacial score (nSPS) is 20.5. The Kier molecular flexibility index (Phi) is 4.02. The van der Waals surface area contributed by atoms with Gasteiger partial charge in [0.1, 0.15) is 0 Å². The molecule has 1 saturated carbocycles. The van der Waals surface area contributed by atoms with E-state index in [4.69, 9.17) is 5.73 Å². The molecule has 1 fully saturated rings. The predicted molar refractivity (Wildman–Crippen MR) is 53.1 cm³/mol. The van der Waals surface area contributed by atoms with Crippen LogP contribution in [0.2, 0.25) is 0 Å². The van der Waals surface area contributed by atoms with Gasteiger partial charge in [0.2, 0.25) is 0 Å². The summed E-state index contributed by atoms with van der Waals surface area (Å²) in [6, 6.07) is 0. The fraction of sp³-hybridized carbons (Fsp3) is 1.00. The Morgan fingerprint density at radius 2 is 2.17 bits per heavy atom. The second-order valence-corrected chi connectivity index (χ2v) is 4.09. The standard InChI is InChI=1S/C10H22N2/c1-2-3-7-12-9-10(8-11)5-4-6-10/h12H,2-9,11H2,1H3. The molecule has 0 heterocycles. The van der Waals surface area contributed by atoms with Crippen LogP contribution < -0.4 is 11.1 Å². The highest BCUT2D eigenvalue weighted by molar-refractivity contribution is 4.90. The van der Waals surface area contributed by atoms with Crippen LogP contribution in [0.25, 0.3) is 0 Å². The van der Waals surface area contributed by atoms with E-state index in [9.17, 15) is 0 Å². The van der Waals surface area contributed by atoms with Crippen LogP contribution in [0.4, 0.5) is 0 Å². The first kappa shape index (κ1) is 10.0. The van der Waals surface area contributed by atoms with Crippen molar-refractivity contribution in [2.75, 3.05) is 19.6 Å². The van der Waals surface area contributed by atoms with Crippen molar-refractivity contribution in [1.29, 1.82) is 0 Å². The number of unbranched alkanes of at least 4 members (excludes halogenated alkanes) is 1. The van der Waals surface area contributed by atoms with Gasteiger partial charge in [0.25, 0.3) is 0 Å². The lowest BCUT2D eigenvalue weighted by molar-refractivity contribution is 0.141. The van der Waals surface area contributed by atoms with Crippen molar-refractivity contribution in [2.24, 2.45) is 11.1 Å². The van der Waals surface area contributed by atoms with E-state index in [1.807, 2.05) is 0 Å². The maximum Gasteiger partial charge on any atom is 0.00199 e. The molecule has 72 valence electrons. The fourth-order valence-corrected chi connectivity index (χ4v) is 1.79. The van der Waals surface area contributed by atoms with E-state index in [2.05, 4.69) is 12.2 Å². The van der Waals surface area contributed by atoms with Gasteiger partial charge in [-0.15, -0.1) is 0 Å². The lowest BCUT2D eigenvalue weighted by Gasteiger charge is -2.41. The van der Waals surface area contributed by atoms with Gasteiger partial charge in [0.15, 0.2) is 0 Å². The molecule has 12 heavy (non-hydrogen) atoms. The van der Waals surface area contributed by atoms with Gasteiger partial charge in [-0.1, -0.05) is 19.8 Å². The molecule has 1 aliphatic rings. The third-order valence-electron chi connectivity index (χ3n) is 3.05. The van der Waals surface area contributed by atoms with Crippen molar-refractivity contribution in [3.05, 3.63) is 0 Å². The highest BCUT2D eigenvalue weighted by atomic mass is 14.9. The number of nitrogens with two attached hydrogens (primary N) is 1. The molecule has 0 spiro atoms. The molecule has 0 unspecified atom stereocenters. The summed E-state index contributed by atoms with van der Waals surface area (Å²) in [5.41, 5.74) is 6.22. The lowest BCUT2D eigenvalue weighted by atomic mass is 9.69. The predicted octanol–water partition coefficient (Wildman–Crippen LogP) is 1.51. The molecule has 0 radical (unpaired) electrons. The molecule has 2 nitrogen and oxygen atoms in total. The first-order valence-electron chi connectivity index (χ1n) is 5.24. The van der Waals surface area contributed by atoms with Gasteiger partial charge in [0.05, 0.1) is 0 Å². The topological polar surface area (TPSA) is 38.0 Å². The van der Waals surface area contributed by atoms with E-state index in [-0.39, 0.29) is 0 Å². The number of hydrogen-bond acceptors (Lipinski definition) is 2. The second-order valence-electron chi connectivity index (χ2n) is 4.09. The minimum atomic E-state index is 0.480. The Bertz CT molecular complexity index is 113. The second kappa shape index (κ2) is 4.83. The minimum absolute atomic E-state index is 0.480. The van der Waals surface area contributed by atoms with Crippen molar-refractivity contribution in [2.45, 2.75) is 39.0 Å². The maximum atomic E-state index is 5.74. The van der Waals surface area contributed by atoms with E-state index in [0.717, 1.165) is 19.6 Å². The molecule has 0 atom stereocenters. The average Bonchev–Trinajstić information content (AvgIpc) is 2.02. The van der Waals surface area contributed by atoms with E-state index in [1.54, 1.807) is 0 Å². The molecule has 1 aliphatic carbocycles. The Balaban J connectivity index is 2.04. The van der Waals surface area contributed by atoms with Crippen LogP contribution in [0.5, 0.6) is 0 Å². The van der Waals surface area contributed by atoms with Crippen molar-refractivity contribution >= 4 is 0 Å². The molecular formula is C10H22N2. The van der Waals surface area contributed by atoms with Crippen LogP contribution in [-0.2, 0) is 0 Å². The van der Waals surface area contributed by atoms with E-state index in [1.165, 1.54) is 32.1 Å². The molecule has 0 bridgehead atoms. The average molecular weight is 170 g/mol. The number of rotatable bonds is 6. The first-order chi connectivity index (χ1) is 5.83. The Labute approximate surface area is 75.9 Å². The van der Waals surface area contributed by atoms with Crippen LogP contribution in [0.1, 0.15) is 39.0 Å². The molecule has 1 rings (SSSR count). The SMILES string of the molecule is CCCCNCC1(CN)CCC1. The largest absolute Gasteiger partial charge is 0.330 e. The Morgan fingerprint density at radius 3 is 2.58 bits per heavy atom. The van der Waals surface area contributed by atoms with E-state index in [0.29, 0.717) is 5.41 Å². The fourth-order valence-electron chi connectivity index (χ4n) is 1.79. The van der Waals surface area contributed by atoms with Gasteiger partial charge in [-0.25, -0.2) is 0 Å².